The van der Waals surface area contributed by atoms with Crippen LogP contribution < -0.4 is 5.43 Å². The molecule has 0 radical (unpaired) electrons. The lowest BCUT2D eigenvalue weighted by molar-refractivity contribution is -0.114. The van der Waals surface area contributed by atoms with Crippen LogP contribution in [0, 0.1) is 0 Å². The first-order chi connectivity index (χ1) is 5.84. The molecule has 12 heavy (non-hydrogen) atoms. The van der Waals surface area contributed by atoms with Crippen molar-refractivity contribution in [2.24, 2.45) is 0 Å². The molecule has 1 aliphatic rings. The maximum atomic E-state index is 10.9. The smallest absolute Gasteiger partial charge is 0.157 e. The first-order valence-corrected chi connectivity index (χ1v) is 3.98. The van der Waals surface area contributed by atoms with E-state index in [1.165, 1.54) is 0 Å². The van der Waals surface area contributed by atoms with E-state index in [1.807, 2.05) is 29.2 Å². The van der Waals surface area contributed by atoms with Gasteiger partial charge in [-0.25, -0.2) is 0 Å². The molecule has 62 valence electrons. The van der Waals surface area contributed by atoms with E-state index in [4.69, 9.17) is 0 Å². The van der Waals surface area contributed by atoms with Gasteiger partial charge in [0.15, 0.2) is 5.78 Å². The highest BCUT2D eigenvalue weighted by molar-refractivity contribution is 5.93. The summed E-state index contributed by atoms with van der Waals surface area (Å²) in [6.07, 6.45) is 6.95. The maximum absolute atomic E-state index is 10.9. The number of carbonyl (C=O) groups excluding carboxylic acids is 1. The Bertz CT molecular complexity index is 311. The minimum Gasteiger partial charge on any atom is -0.299 e. The number of nitrogens with zero attached hydrogens (tertiary/aromatic N) is 1. The fourth-order valence-corrected chi connectivity index (χ4v) is 1.26. The van der Waals surface area contributed by atoms with E-state index >= 15 is 0 Å². The molecule has 0 aromatic carbocycles. The molecule has 1 heterocycles. The molecule has 1 aromatic heterocycles. The highest BCUT2D eigenvalue weighted by Gasteiger charge is 2.10. The summed E-state index contributed by atoms with van der Waals surface area (Å²) in [5.41, 5.74) is 4.10. The molecule has 1 N–H and O–H groups in total. The van der Waals surface area contributed by atoms with Gasteiger partial charge in [0.25, 0.3) is 0 Å². The van der Waals surface area contributed by atoms with Crippen molar-refractivity contribution in [1.82, 2.24) is 4.68 Å². The second kappa shape index (κ2) is 2.85. The van der Waals surface area contributed by atoms with Crippen molar-refractivity contribution < 1.29 is 4.79 Å². The van der Waals surface area contributed by atoms with Gasteiger partial charge in [-0.1, -0.05) is 0 Å². The van der Waals surface area contributed by atoms with E-state index in [0.717, 1.165) is 12.1 Å². The maximum Gasteiger partial charge on any atom is 0.157 e. The average Bonchev–Trinajstić information content (AvgIpc) is 2.63. The Hall–Kier alpha value is -1.51. The van der Waals surface area contributed by atoms with Gasteiger partial charge in [-0.15, -0.1) is 0 Å². The van der Waals surface area contributed by atoms with Crippen LogP contribution in [0.4, 0.5) is 0 Å². The zero-order valence-electron chi connectivity index (χ0n) is 6.66. The molecule has 0 saturated heterocycles. The van der Waals surface area contributed by atoms with Gasteiger partial charge >= 0.3 is 0 Å². The quantitative estimate of drug-likeness (QED) is 0.710. The normalized spacial score (nSPS) is 16.3. The average molecular weight is 162 g/mol. The zero-order chi connectivity index (χ0) is 8.39. The summed E-state index contributed by atoms with van der Waals surface area (Å²) in [7, 11) is 0. The standard InChI is InChI=1S/C9H10N2O/c12-9-4-3-8(7-9)10-11-5-1-2-6-11/h1-2,5-7,10H,3-4H2. The monoisotopic (exact) mass is 162 g/mol. The molecule has 0 saturated carbocycles. The van der Waals surface area contributed by atoms with Crippen LogP contribution in [0.25, 0.3) is 0 Å². The second-order valence-corrected chi connectivity index (χ2v) is 2.84. The number of ketones is 1. The molecule has 3 heteroatoms. The van der Waals surface area contributed by atoms with Crippen molar-refractivity contribution in [3.63, 3.8) is 0 Å². The number of aromatic nitrogens is 1. The number of hydrogen-bond acceptors (Lipinski definition) is 2. The highest BCUT2D eigenvalue weighted by atomic mass is 16.1. The largest absolute Gasteiger partial charge is 0.299 e. The van der Waals surface area contributed by atoms with Gasteiger partial charge in [0, 0.05) is 30.6 Å². The molecule has 2 rings (SSSR count). The van der Waals surface area contributed by atoms with Crippen molar-refractivity contribution >= 4 is 5.78 Å². The summed E-state index contributed by atoms with van der Waals surface area (Å²) < 4.78 is 1.84. The summed E-state index contributed by atoms with van der Waals surface area (Å²) in [4.78, 5) is 10.9. The number of carbonyl (C=O) groups is 1. The summed E-state index contributed by atoms with van der Waals surface area (Å²) >= 11 is 0. The van der Waals surface area contributed by atoms with E-state index in [2.05, 4.69) is 5.43 Å². The molecule has 0 atom stereocenters. The Morgan fingerprint density at radius 2 is 2.00 bits per heavy atom. The van der Waals surface area contributed by atoms with Crippen molar-refractivity contribution in [3.8, 4) is 0 Å². The molecule has 0 spiro atoms. The van der Waals surface area contributed by atoms with Gasteiger partial charge in [-0.2, -0.15) is 0 Å². The van der Waals surface area contributed by atoms with Crippen LogP contribution in [0.15, 0.2) is 36.3 Å². The number of hydrogen-bond donors (Lipinski definition) is 1. The van der Waals surface area contributed by atoms with Gasteiger partial charge in [0.2, 0.25) is 0 Å². The lowest BCUT2D eigenvalue weighted by Gasteiger charge is -2.06. The zero-order valence-corrected chi connectivity index (χ0v) is 6.66. The summed E-state index contributed by atoms with van der Waals surface area (Å²) in [5.74, 6) is 0.213. The third-order valence-electron chi connectivity index (χ3n) is 1.85. The SMILES string of the molecule is O=C1C=C(Nn2cccc2)CC1. The molecule has 1 aromatic rings. The second-order valence-electron chi connectivity index (χ2n) is 2.84. The number of allylic oxidation sites excluding steroid dienone is 2. The molecule has 0 unspecified atom stereocenters. The Balaban J connectivity index is 2.05. The molecule has 0 amide bonds. The molecule has 0 fully saturated rings. The minimum atomic E-state index is 0.213. The summed E-state index contributed by atoms with van der Waals surface area (Å²) in [6, 6.07) is 3.87. The van der Waals surface area contributed by atoms with Crippen molar-refractivity contribution in [1.29, 1.82) is 0 Å². The first-order valence-electron chi connectivity index (χ1n) is 3.98. The van der Waals surface area contributed by atoms with Crippen LogP contribution >= 0.6 is 0 Å². The van der Waals surface area contributed by atoms with Crippen LogP contribution in [0.3, 0.4) is 0 Å². The Kier molecular flexibility index (Phi) is 1.70. The van der Waals surface area contributed by atoms with E-state index in [0.29, 0.717) is 6.42 Å². The lowest BCUT2D eigenvalue weighted by Crippen LogP contribution is -2.10. The third kappa shape index (κ3) is 1.39. The predicted octanol–water partition coefficient (Wildman–Crippen LogP) is 1.28. The van der Waals surface area contributed by atoms with Crippen molar-refractivity contribution in [2.45, 2.75) is 12.8 Å². The number of rotatable bonds is 2. The Morgan fingerprint density at radius 3 is 2.58 bits per heavy atom. The van der Waals surface area contributed by atoms with Crippen LogP contribution in [0.2, 0.25) is 0 Å². The van der Waals surface area contributed by atoms with Crippen LogP contribution in [0.1, 0.15) is 12.8 Å². The summed E-state index contributed by atoms with van der Waals surface area (Å²) in [6.45, 7) is 0. The molecule has 1 aliphatic carbocycles. The Labute approximate surface area is 70.7 Å². The predicted molar refractivity (Wildman–Crippen MR) is 46.1 cm³/mol. The van der Waals surface area contributed by atoms with Crippen molar-refractivity contribution in [3.05, 3.63) is 36.3 Å². The number of nitrogens with one attached hydrogen (secondary N) is 1. The van der Waals surface area contributed by atoms with Crippen LogP contribution in [0.5, 0.6) is 0 Å². The molecular weight excluding hydrogens is 152 g/mol. The summed E-state index contributed by atoms with van der Waals surface area (Å²) in [5, 5.41) is 0. The van der Waals surface area contributed by atoms with E-state index < -0.39 is 0 Å². The third-order valence-corrected chi connectivity index (χ3v) is 1.85. The molecule has 0 aliphatic heterocycles. The van der Waals surface area contributed by atoms with Gasteiger partial charge < -0.3 is 0 Å². The van der Waals surface area contributed by atoms with Crippen LogP contribution in [-0.2, 0) is 4.79 Å². The van der Waals surface area contributed by atoms with Crippen molar-refractivity contribution in [2.75, 3.05) is 5.43 Å². The van der Waals surface area contributed by atoms with E-state index in [9.17, 15) is 4.79 Å². The highest BCUT2D eigenvalue weighted by Crippen LogP contribution is 2.12. The topological polar surface area (TPSA) is 34.0 Å². The van der Waals surface area contributed by atoms with Gasteiger partial charge in [-0.05, 0) is 18.6 Å². The minimum absolute atomic E-state index is 0.213. The molecule has 3 nitrogen and oxygen atoms in total. The van der Waals surface area contributed by atoms with E-state index in [-0.39, 0.29) is 5.78 Å². The van der Waals surface area contributed by atoms with Gasteiger partial charge in [0.1, 0.15) is 0 Å². The van der Waals surface area contributed by atoms with Gasteiger partial charge in [-0.3, -0.25) is 14.9 Å². The Morgan fingerprint density at radius 1 is 1.25 bits per heavy atom. The fourth-order valence-electron chi connectivity index (χ4n) is 1.26. The molecular formula is C9H10N2O. The van der Waals surface area contributed by atoms with E-state index in [1.54, 1.807) is 6.08 Å². The lowest BCUT2D eigenvalue weighted by atomic mass is 10.3. The first kappa shape index (κ1) is 7.16. The van der Waals surface area contributed by atoms with Gasteiger partial charge in [0.05, 0.1) is 0 Å². The fraction of sp³-hybridized carbons (Fsp3) is 0.222. The molecule has 0 bridgehead atoms. The van der Waals surface area contributed by atoms with Crippen LogP contribution in [-0.4, -0.2) is 10.5 Å².